The smallest absolute Gasteiger partial charge is 0.422 e. The number of aliphatic hydroxyl groups is 1. The topological polar surface area (TPSA) is 92.5 Å². The molecule has 3 heterocycles. The van der Waals surface area contributed by atoms with E-state index in [1.807, 2.05) is 32.3 Å². The predicted octanol–water partition coefficient (Wildman–Crippen LogP) is 4.57. The third kappa shape index (κ3) is 7.69. The van der Waals surface area contributed by atoms with Crippen molar-refractivity contribution in [3.8, 4) is 5.19 Å². The summed E-state index contributed by atoms with van der Waals surface area (Å²) in [6.45, 7) is 2.56. The van der Waals surface area contributed by atoms with E-state index in [1.54, 1.807) is 4.68 Å². The van der Waals surface area contributed by atoms with Crippen LogP contribution in [-0.2, 0) is 24.8 Å². The van der Waals surface area contributed by atoms with E-state index in [9.17, 15) is 23.1 Å². The highest BCUT2D eigenvalue weighted by atomic mass is 127. The Bertz CT molecular complexity index is 1140. The number of carbonyl (C=O) groups excluding carboxylic acids is 1. The lowest BCUT2D eigenvalue weighted by Gasteiger charge is -2.38. The second kappa shape index (κ2) is 12.2. The van der Waals surface area contributed by atoms with Crippen LogP contribution < -0.4 is 10.1 Å². The van der Waals surface area contributed by atoms with Gasteiger partial charge in [0.25, 0.3) is 5.19 Å². The second-order valence-electron chi connectivity index (χ2n) is 10.0. The first-order valence-electron chi connectivity index (χ1n) is 12.7. The molecule has 1 amide bonds. The Morgan fingerprint density at radius 1 is 1.42 bits per heavy atom. The van der Waals surface area contributed by atoms with Crippen molar-refractivity contribution in [1.82, 2.24) is 25.0 Å². The van der Waals surface area contributed by atoms with Gasteiger partial charge in [-0.1, -0.05) is 40.0 Å². The average Bonchev–Trinajstić information content (AvgIpc) is 3.44. The van der Waals surface area contributed by atoms with Crippen LogP contribution >= 0.6 is 33.9 Å². The van der Waals surface area contributed by atoms with E-state index >= 15 is 0 Å². The van der Waals surface area contributed by atoms with Crippen LogP contribution in [0.15, 0.2) is 12.3 Å². The Kier molecular flexibility index (Phi) is 9.41. The third-order valence-corrected chi connectivity index (χ3v) is 9.32. The summed E-state index contributed by atoms with van der Waals surface area (Å²) in [5.74, 6) is -0.0502. The summed E-state index contributed by atoms with van der Waals surface area (Å²) < 4.78 is 43.4. The van der Waals surface area contributed by atoms with Crippen molar-refractivity contribution in [2.75, 3.05) is 19.7 Å². The van der Waals surface area contributed by atoms with Crippen LogP contribution in [0.2, 0.25) is 0 Å². The summed E-state index contributed by atoms with van der Waals surface area (Å²) in [6.07, 6.45) is 5.21. The molecule has 0 saturated heterocycles. The highest BCUT2D eigenvalue weighted by Crippen LogP contribution is 2.35. The maximum absolute atomic E-state index is 12.9. The Morgan fingerprint density at radius 3 is 2.84 bits per heavy atom. The number of allylic oxidation sites excluding steroid dienone is 1. The highest BCUT2D eigenvalue weighted by molar-refractivity contribution is 14.1. The fourth-order valence-electron chi connectivity index (χ4n) is 4.96. The summed E-state index contributed by atoms with van der Waals surface area (Å²) >= 11 is 3.33. The van der Waals surface area contributed by atoms with Crippen molar-refractivity contribution in [3.05, 3.63) is 34.1 Å². The van der Waals surface area contributed by atoms with Crippen LogP contribution in [0, 0.1) is 0 Å². The minimum atomic E-state index is -4.39. The molecule has 1 fully saturated rings. The maximum Gasteiger partial charge on any atom is 0.422 e. The van der Waals surface area contributed by atoms with Crippen molar-refractivity contribution < 1.29 is 27.8 Å². The molecule has 4 rings (SSSR count). The number of halogens is 4. The number of alkyl halides is 4. The van der Waals surface area contributed by atoms with Crippen LogP contribution in [-0.4, -0.2) is 68.2 Å². The van der Waals surface area contributed by atoms with E-state index in [0.717, 1.165) is 28.4 Å². The van der Waals surface area contributed by atoms with E-state index in [1.165, 1.54) is 11.3 Å². The normalized spacial score (nSPS) is 23.4. The van der Waals surface area contributed by atoms with E-state index in [0.29, 0.717) is 51.6 Å². The molecule has 0 aromatic carbocycles. The Labute approximate surface area is 237 Å². The molecule has 1 aliphatic heterocycles. The third-order valence-electron chi connectivity index (χ3n) is 7.02. The molecule has 2 aliphatic rings. The lowest BCUT2D eigenvalue weighted by molar-refractivity contribution is -0.153. The van der Waals surface area contributed by atoms with Gasteiger partial charge in [-0.15, -0.1) is 0 Å². The molecular formula is C25H33F3IN5O3S. The summed E-state index contributed by atoms with van der Waals surface area (Å²) in [7, 11) is 1.84. The van der Waals surface area contributed by atoms with Gasteiger partial charge in [0.1, 0.15) is 3.92 Å². The molecule has 1 atom stereocenters. The van der Waals surface area contributed by atoms with Crippen molar-refractivity contribution in [2.24, 2.45) is 7.05 Å². The van der Waals surface area contributed by atoms with E-state index in [2.05, 4.69) is 42.9 Å². The number of aromatic nitrogens is 3. The zero-order valence-electron chi connectivity index (χ0n) is 21.4. The Morgan fingerprint density at radius 2 is 2.16 bits per heavy atom. The number of aryl methyl sites for hydroxylation is 1. The second-order valence-corrected chi connectivity index (χ2v) is 12.3. The number of fused-ring (bicyclic) bond motifs is 1. The zero-order valence-corrected chi connectivity index (χ0v) is 24.4. The van der Waals surface area contributed by atoms with E-state index in [-0.39, 0.29) is 21.1 Å². The lowest BCUT2D eigenvalue weighted by atomic mass is 9.80. The highest BCUT2D eigenvalue weighted by Gasteiger charge is 2.35. The van der Waals surface area contributed by atoms with Gasteiger partial charge in [-0.25, -0.2) is 4.98 Å². The van der Waals surface area contributed by atoms with Gasteiger partial charge in [-0.2, -0.15) is 18.3 Å². The predicted molar refractivity (Wildman–Crippen MR) is 147 cm³/mol. The number of amides is 1. The Hall–Kier alpha value is -1.71. The monoisotopic (exact) mass is 667 g/mol. The zero-order chi connectivity index (χ0) is 27.5. The number of rotatable bonds is 9. The van der Waals surface area contributed by atoms with Crippen LogP contribution in [0.25, 0.3) is 6.08 Å². The van der Waals surface area contributed by atoms with Crippen LogP contribution in [0.5, 0.6) is 5.19 Å². The first kappa shape index (κ1) is 29.3. The molecule has 2 aromatic heterocycles. The van der Waals surface area contributed by atoms with Gasteiger partial charge in [0.05, 0.1) is 17.0 Å². The number of thiazole rings is 1. The molecule has 8 nitrogen and oxygen atoms in total. The maximum atomic E-state index is 12.9. The molecule has 2 aromatic rings. The number of hydrogen-bond donors (Lipinski definition) is 2. The first-order valence-corrected chi connectivity index (χ1v) is 14.7. The number of carbonyl (C=O) groups is 1. The Balaban J connectivity index is 1.22. The molecule has 210 valence electrons. The molecule has 13 heteroatoms. The van der Waals surface area contributed by atoms with Crippen molar-refractivity contribution in [2.45, 2.75) is 73.7 Å². The van der Waals surface area contributed by atoms with Crippen molar-refractivity contribution in [1.29, 1.82) is 0 Å². The molecule has 0 spiro atoms. The summed E-state index contributed by atoms with van der Waals surface area (Å²) in [5.41, 5.74) is 1.63. The molecule has 1 saturated carbocycles. The largest absolute Gasteiger partial charge is 0.460 e. The molecule has 38 heavy (non-hydrogen) atoms. The van der Waals surface area contributed by atoms with E-state index < -0.39 is 18.4 Å². The molecular weight excluding hydrogens is 634 g/mol. The molecule has 2 N–H and O–H groups in total. The van der Waals surface area contributed by atoms with Crippen molar-refractivity contribution >= 4 is 45.9 Å². The summed E-state index contributed by atoms with van der Waals surface area (Å²) in [6, 6.07) is 0.0181. The standard InChI is InChI=1S/C25H33F3IN5O3S/c1-3-4-18-17(13-33(2)32-18)21(29)22(35)30-16-5-8-24(36,9-6-16)10-12-34-11-7-20-19(14-34)31-23(38-20)37-15-25(26,27)28/h3-4,13,16,21,36H,5-12,14-15H2,1-2H3,(H,30,35)/b4-3-/t16?,21-,24?/m1/s1. The lowest BCUT2D eigenvalue weighted by Crippen LogP contribution is -2.45. The fourth-order valence-corrected chi connectivity index (χ4v) is 6.53. The quantitative estimate of drug-likeness (QED) is 0.301. The molecule has 0 radical (unpaired) electrons. The van der Waals surface area contributed by atoms with Gasteiger partial charge in [-0.3, -0.25) is 14.4 Å². The van der Waals surface area contributed by atoms with Crippen LogP contribution in [0.4, 0.5) is 13.2 Å². The number of ether oxygens (including phenoxy) is 1. The average molecular weight is 668 g/mol. The fraction of sp³-hybridized carbons (Fsp3) is 0.640. The number of nitrogens with one attached hydrogen (secondary N) is 1. The van der Waals surface area contributed by atoms with Gasteiger partial charge in [0.2, 0.25) is 5.91 Å². The van der Waals surface area contributed by atoms with E-state index in [4.69, 9.17) is 4.74 Å². The number of hydrogen-bond acceptors (Lipinski definition) is 7. The summed E-state index contributed by atoms with van der Waals surface area (Å²) in [5, 5.41) is 18.8. The summed E-state index contributed by atoms with van der Waals surface area (Å²) in [4.78, 5) is 20.3. The van der Waals surface area contributed by atoms with Crippen LogP contribution in [0.3, 0.4) is 0 Å². The van der Waals surface area contributed by atoms with Crippen molar-refractivity contribution in [3.63, 3.8) is 0 Å². The van der Waals surface area contributed by atoms with Gasteiger partial charge in [-0.05, 0) is 51.5 Å². The molecule has 1 aliphatic carbocycles. The van der Waals surface area contributed by atoms with Gasteiger partial charge < -0.3 is 15.2 Å². The minimum absolute atomic E-state index is 0.0181. The SMILES string of the molecule is C/C=C\c1nn(C)cc1[C@@H](I)C(=O)NC1CCC(O)(CCN2CCc3sc(OCC(F)(F)F)nc3C2)CC1. The first-order chi connectivity index (χ1) is 17.9. The minimum Gasteiger partial charge on any atom is -0.460 e. The molecule has 0 unspecified atom stereocenters. The van der Waals surface area contributed by atoms with Gasteiger partial charge in [0.15, 0.2) is 6.61 Å². The van der Waals surface area contributed by atoms with Gasteiger partial charge in [0, 0.05) is 49.4 Å². The number of nitrogens with zero attached hydrogens (tertiary/aromatic N) is 4. The molecule has 0 bridgehead atoms. The van der Waals surface area contributed by atoms with Gasteiger partial charge >= 0.3 is 6.18 Å². The van der Waals surface area contributed by atoms with Crippen LogP contribution in [0.1, 0.15) is 64.8 Å².